The van der Waals surface area contributed by atoms with Crippen LogP contribution in [0.25, 0.3) is 0 Å². The van der Waals surface area contributed by atoms with Gasteiger partial charge in [-0.2, -0.15) is 0 Å². The summed E-state index contributed by atoms with van der Waals surface area (Å²) in [6, 6.07) is 11.0. The van der Waals surface area contributed by atoms with E-state index in [4.69, 9.17) is 0 Å². The maximum Gasteiger partial charge on any atom is 0.222 e. The molecular formula is C19H32IN5O. The first-order valence-electron chi connectivity index (χ1n) is 9.01. The van der Waals surface area contributed by atoms with Crippen LogP contribution in [0.4, 0.5) is 0 Å². The molecule has 1 heterocycles. The van der Waals surface area contributed by atoms with Crippen LogP contribution in [-0.4, -0.2) is 68.5 Å². The molecule has 2 rings (SSSR count). The van der Waals surface area contributed by atoms with Gasteiger partial charge in [-0.05, 0) is 26.1 Å². The lowest BCUT2D eigenvalue weighted by molar-refractivity contribution is -0.129. The van der Waals surface area contributed by atoms with Crippen molar-refractivity contribution in [1.82, 2.24) is 20.4 Å². The third-order valence-electron chi connectivity index (χ3n) is 4.68. The first-order chi connectivity index (χ1) is 12.0. The van der Waals surface area contributed by atoms with Crippen LogP contribution in [0.15, 0.2) is 35.3 Å². The number of likely N-dealkylation sites (tertiary alicyclic amines) is 1. The predicted octanol–water partition coefficient (Wildman–Crippen LogP) is 2.08. The van der Waals surface area contributed by atoms with Gasteiger partial charge in [0.15, 0.2) is 5.96 Å². The highest BCUT2D eigenvalue weighted by molar-refractivity contribution is 14.0. The fourth-order valence-electron chi connectivity index (χ4n) is 3.18. The van der Waals surface area contributed by atoms with Crippen LogP contribution in [0, 0.1) is 0 Å². The molecule has 26 heavy (non-hydrogen) atoms. The Hall–Kier alpha value is -1.35. The Morgan fingerprint density at radius 1 is 1.35 bits per heavy atom. The third-order valence-corrected chi connectivity index (χ3v) is 4.68. The SMILES string of the molecule is CCC(=O)N1CCC(NC(=NC)NCC(c2ccccc2)N(C)C)C1.I. The molecule has 0 aliphatic carbocycles. The second kappa shape index (κ2) is 11.4. The second-order valence-electron chi connectivity index (χ2n) is 6.67. The van der Waals surface area contributed by atoms with Crippen LogP contribution < -0.4 is 10.6 Å². The monoisotopic (exact) mass is 473 g/mol. The number of nitrogens with one attached hydrogen (secondary N) is 2. The third kappa shape index (κ3) is 6.42. The highest BCUT2D eigenvalue weighted by atomic mass is 127. The molecule has 7 heteroatoms. The van der Waals surface area contributed by atoms with Crippen molar-refractivity contribution in [3.63, 3.8) is 0 Å². The van der Waals surface area contributed by atoms with E-state index in [2.05, 4.69) is 58.9 Å². The van der Waals surface area contributed by atoms with Crippen LogP contribution in [0.1, 0.15) is 31.4 Å². The van der Waals surface area contributed by atoms with Crippen molar-refractivity contribution >= 4 is 35.8 Å². The Labute approximate surface area is 174 Å². The van der Waals surface area contributed by atoms with Gasteiger partial charge in [-0.3, -0.25) is 9.79 Å². The summed E-state index contributed by atoms with van der Waals surface area (Å²) in [6.45, 7) is 4.25. The van der Waals surface area contributed by atoms with Crippen LogP contribution in [0.3, 0.4) is 0 Å². The highest BCUT2D eigenvalue weighted by Gasteiger charge is 2.26. The molecule has 1 aromatic carbocycles. The van der Waals surface area contributed by atoms with Gasteiger partial charge in [0.2, 0.25) is 5.91 Å². The lowest BCUT2D eigenvalue weighted by atomic mass is 10.1. The van der Waals surface area contributed by atoms with Crippen LogP contribution in [0.5, 0.6) is 0 Å². The van der Waals surface area contributed by atoms with Crippen molar-refractivity contribution in [2.24, 2.45) is 4.99 Å². The maximum absolute atomic E-state index is 11.8. The van der Waals surface area contributed by atoms with Gasteiger partial charge >= 0.3 is 0 Å². The van der Waals surface area contributed by atoms with Crippen molar-refractivity contribution in [3.8, 4) is 0 Å². The molecule has 6 nitrogen and oxygen atoms in total. The number of aliphatic imine (C=N–C) groups is 1. The molecule has 0 spiro atoms. The number of benzene rings is 1. The number of nitrogens with zero attached hydrogens (tertiary/aromatic N) is 3. The number of rotatable bonds is 6. The zero-order valence-electron chi connectivity index (χ0n) is 16.2. The quantitative estimate of drug-likeness (QED) is 0.378. The number of amides is 1. The van der Waals surface area contributed by atoms with Crippen molar-refractivity contribution in [1.29, 1.82) is 0 Å². The van der Waals surface area contributed by atoms with Crippen LogP contribution >= 0.6 is 24.0 Å². The van der Waals surface area contributed by atoms with E-state index in [1.54, 1.807) is 7.05 Å². The standard InChI is InChI=1S/C19H31N5O.HI/c1-5-18(25)24-12-11-16(14-24)22-19(20-2)21-13-17(23(3)4)15-9-7-6-8-10-15;/h6-10,16-17H,5,11-14H2,1-4H3,(H2,20,21,22);1H. The topological polar surface area (TPSA) is 60.0 Å². The molecule has 1 amide bonds. The minimum Gasteiger partial charge on any atom is -0.354 e. The number of carbonyl (C=O) groups is 1. The lowest BCUT2D eigenvalue weighted by Crippen LogP contribution is -2.47. The first kappa shape index (κ1) is 22.7. The summed E-state index contributed by atoms with van der Waals surface area (Å²) in [4.78, 5) is 20.3. The highest BCUT2D eigenvalue weighted by Crippen LogP contribution is 2.16. The van der Waals surface area contributed by atoms with E-state index in [1.807, 2.05) is 17.9 Å². The zero-order chi connectivity index (χ0) is 18.2. The first-order valence-corrected chi connectivity index (χ1v) is 9.01. The summed E-state index contributed by atoms with van der Waals surface area (Å²) in [7, 11) is 5.95. The molecule has 0 aromatic heterocycles. The van der Waals surface area contributed by atoms with Crippen LogP contribution in [0.2, 0.25) is 0 Å². The normalized spacial score (nSPS) is 18.4. The van der Waals surface area contributed by atoms with Crippen molar-refractivity contribution < 1.29 is 4.79 Å². The van der Waals surface area contributed by atoms with Gasteiger partial charge in [0.1, 0.15) is 0 Å². The van der Waals surface area contributed by atoms with Crippen LogP contribution in [-0.2, 0) is 4.79 Å². The molecule has 1 aliphatic heterocycles. The average molecular weight is 473 g/mol. The molecule has 0 radical (unpaired) electrons. The van der Waals surface area contributed by atoms with E-state index >= 15 is 0 Å². The Morgan fingerprint density at radius 2 is 2.04 bits per heavy atom. The molecule has 0 saturated carbocycles. The summed E-state index contributed by atoms with van der Waals surface area (Å²) in [5.41, 5.74) is 1.27. The van der Waals surface area contributed by atoms with Crippen molar-refractivity contribution in [3.05, 3.63) is 35.9 Å². The fraction of sp³-hybridized carbons (Fsp3) is 0.579. The number of hydrogen-bond donors (Lipinski definition) is 2. The number of halogens is 1. The van der Waals surface area contributed by atoms with Gasteiger partial charge in [0.05, 0.1) is 6.04 Å². The predicted molar refractivity (Wildman–Crippen MR) is 118 cm³/mol. The number of carbonyl (C=O) groups excluding carboxylic acids is 1. The number of hydrogen-bond acceptors (Lipinski definition) is 3. The minimum atomic E-state index is 0. The molecule has 2 atom stereocenters. The zero-order valence-corrected chi connectivity index (χ0v) is 18.6. The smallest absolute Gasteiger partial charge is 0.222 e. The molecule has 1 aliphatic rings. The molecule has 146 valence electrons. The van der Waals surface area contributed by atoms with Crippen molar-refractivity contribution in [2.45, 2.75) is 31.8 Å². The van der Waals surface area contributed by atoms with E-state index in [-0.39, 0.29) is 42.0 Å². The average Bonchev–Trinajstić information content (AvgIpc) is 3.09. The summed E-state index contributed by atoms with van der Waals surface area (Å²) in [5, 5.41) is 6.87. The lowest BCUT2D eigenvalue weighted by Gasteiger charge is -2.26. The minimum absolute atomic E-state index is 0. The summed E-state index contributed by atoms with van der Waals surface area (Å²) < 4.78 is 0. The molecule has 0 bridgehead atoms. The fourth-order valence-corrected chi connectivity index (χ4v) is 3.18. The molecule has 2 unspecified atom stereocenters. The van der Waals surface area contributed by atoms with Gasteiger partial charge in [-0.25, -0.2) is 0 Å². The number of guanidine groups is 1. The van der Waals surface area contributed by atoms with E-state index in [9.17, 15) is 4.79 Å². The maximum atomic E-state index is 11.8. The Bertz CT molecular complexity index is 579. The summed E-state index contributed by atoms with van der Waals surface area (Å²) in [6.07, 6.45) is 1.53. The van der Waals surface area contributed by atoms with Gasteiger partial charge in [-0.15, -0.1) is 24.0 Å². The molecule has 1 aromatic rings. The summed E-state index contributed by atoms with van der Waals surface area (Å²) in [5.74, 6) is 1.02. The van der Waals surface area contributed by atoms with Gasteiger partial charge in [0.25, 0.3) is 0 Å². The van der Waals surface area contributed by atoms with E-state index in [1.165, 1.54) is 5.56 Å². The molecule has 1 fully saturated rings. The van der Waals surface area contributed by atoms with Crippen molar-refractivity contribution in [2.75, 3.05) is 40.8 Å². The Morgan fingerprint density at radius 3 is 2.62 bits per heavy atom. The molecular weight excluding hydrogens is 441 g/mol. The summed E-state index contributed by atoms with van der Waals surface area (Å²) >= 11 is 0. The largest absolute Gasteiger partial charge is 0.354 e. The molecule has 2 N–H and O–H groups in total. The second-order valence-corrected chi connectivity index (χ2v) is 6.67. The van der Waals surface area contributed by atoms with E-state index < -0.39 is 0 Å². The van der Waals surface area contributed by atoms with E-state index in [0.717, 1.165) is 32.0 Å². The van der Waals surface area contributed by atoms with Gasteiger partial charge in [-0.1, -0.05) is 37.3 Å². The Kier molecular flexibility index (Phi) is 9.93. The molecule has 1 saturated heterocycles. The van der Waals surface area contributed by atoms with Gasteiger partial charge < -0.3 is 20.4 Å². The number of likely N-dealkylation sites (N-methyl/N-ethyl adjacent to an activating group) is 1. The Balaban J connectivity index is 0.00000338. The van der Waals surface area contributed by atoms with E-state index in [0.29, 0.717) is 6.42 Å². The van der Waals surface area contributed by atoms with Gasteiger partial charge in [0, 0.05) is 39.1 Å².